The van der Waals surface area contributed by atoms with Gasteiger partial charge in [0, 0.05) is 29.3 Å². The molecule has 0 saturated carbocycles. The lowest BCUT2D eigenvalue weighted by molar-refractivity contribution is 0.424. The summed E-state index contributed by atoms with van der Waals surface area (Å²) in [7, 11) is 4.13. The average molecular weight is 291 g/mol. The van der Waals surface area contributed by atoms with Crippen LogP contribution in [0.1, 0.15) is 31.9 Å². The number of thioether (sulfide) groups is 1. The Bertz CT molecular complexity index is 470. The predicted octanol–water partition coefficient (Wildman–Crippen LogP) is 3.10. The molecule has 0 saturated heterocycles. The number of benzene rings is 1. The van der Waals surface area contributed by atoms with Crippen molar-refractivity contribution in [3.05, 3.63) is 29.3 Å². The SMILES string of the molecule is CN(C)CCSc1ccc(CNC(C)(C)C)cc1C#N. The minimum Gasteiger partial charge on any atom is -0.309 e. The largest absolute Gasteiger partial charge is 0.309 e. The van der Waals surface area contributed by atoms with Gasteiger partial charge in [-0.25, -0.2) is 0 Å². The summed E-state index contributed by atoms with van der Waals surface area (Å²) < 4.78 is 0. The normalized spacial score (nSPS) is 11.7. The third kappa shape index (κ3) is 6.42. The van der Waals surface area contributed by atoms with Crippen LogP contribution in [0.5, 0.6) is 0 Å². The first-order valence-corrected chi connectivity index (χ1v) is 7.86. The number of nitrogens with one attached hydrogen (secondary N) is 1. The van der Waals surface area contributed by atoms with Crippen LogP contribution in [0.2, 0.25) is 0 Å². The van der Waals surface area contributed by atoms with E-state index >= 15 is 0 Å². The van der Waals surface area contributed by atoms with Gasteiger partial charge in [-0.3, -0.25) is 0 Å². The molecule has 4 heteroatoms. The minimum atomic E-state index is 0.0892. The Labute approximate surface area is 127 Å². The molecule has 1 N–H and O–H groups in total. The van der Waals surface area contributed by atoms with Crippen LogP contribution in [0.4, 0.5) is 0 Å². The van der Waals surface area contributed by atoms with Crippen molar-refractivity contribution in [2.24, 2.45) is 0 Å². The first kappa shape index (κ1) is 17.0. The summed E-state index contributed by atoms with van der Waals surface area (Å²) in [5.41, 5.74) is 2.03. The van der Waals surface area contributed by atoms with E-state index in [1.165, 1.54) is 0 Å². The molecule has 0 aliphatic carbocycles. The van der Waals surface area contributed by atoms with Gasteiger partial charge in [0.05, 0.1) is 5.56 Å². The van der Waals surface area contributed by atoms with Crippen LogP contribution in [0.3, 0.4) is 0 Å². The van der Waals surface area contributed by atoms with Gasteiger partial charge in [0.15, 0.2) is 0 Å². The Balaban J connectivity index is 2.68. The molecule has 0 heterocycles. The van der Waals surface area contributed by atoms with Crippen molar-refractivity contribution in [1.29, 1.82) is 5.26 Å². The van der Waals surface area contributed by atoms with Gasteiger partial charge in [0.25, 0.3) is 0 Å². The van der Waals surface area contributed by atoms with Crippen LogP contribution in [-0.4, -0.2) is 36.8 Å². The van der Waals surface area contributed by atoms with Gasteiger partial charge < -0.3 is 10.2 Å². The van der Waals surface area contributed by atoms with E-state index in [2.05, 4.69) is 63.3 Å². The Kier molecular flexibility index (Phi) is 6.54. The third-order valence-corrected chi connectivity index (χ3v) is 3.84. The Hall–Kier alpha value is -1.02. The van der Waals surface area contributed by atoms with Crippen molar-refractivity contribution in [2.75, 3.05) is 26.4 Å². The van der Waals surface area contributed by atoms with Gasteiger partial charge in [-0.15, -0.1) is 11.8 Å². The molecule has 1 aromatic rings. The molecule has 0 spiro atoms. The maximum absolute atomic E-state index is 9.29. The summed E-state index contributed by atoms with van der Waals surface area (Å²) in [6.07, 6.45) is 0. The molecule has 1 rings (SSSR count). The molecule has 0 unspecified atom stereocenters. The summed E-state index contributed by atoms with van der Waals surface area (Å²) in [4.78, 5) is 3.23. The first-order valence-electron chi connectivity index (χ1n) is 6.87. The number of hydrogen-bond acceptors (Lipinski definition) is 4. The highest BCUT2D eigenvalue weighted by Crippen LogP contribution is 2.23. The van der Waals surface area contributed by atoms with E-state index < -0.39 is 0 Å². The fraction of sp³-hybridized carbons (Fsp3) is 0.562. The number of nitriles is 1. The van der Waals surface area contributed by atoms with Crippen LogP contribution in [0.25, 0.3) is 0 Å². The molecule has 0 aromatic heterocycles. The molecule has 0 aliphatic heterocycles. The van der Waals surface area contributed by atoms with E-state index in [-0.39, 0.29) is 5.54 Å². The van der Waals surface area contributed by atoms with E-state index in [0.29, 0.717) is 0 Å². The van der Waals surface area contributed by atoms with Crippen molar-refractivity contribution >= 4 is 11.8 Å². The highest BCUT2D eigenvalue weighted by Gasteiger charge is 2.10. The number of nitrogens with zero attached hydrogens (tertiary/aromatic N) is 2. The van der Waals surface area contributed by atoms with Crippen LogP contribution in [-0.2, 0) is 6.54 Å². The van der Waals surface area contributed by atoms with Crippen LogP contribution in [0.15, 0.2) is 23.1 Å². The second kappa shape index (κ2) is 7.68. The maximum atomic E-state index is 9.29. The fourth-order valence-electron chi connectivity index (χ4n) is 1.61. The van der Waals surface area contributed by atoms with E-state index in [1.807, 2.05) is 6.07 Å². The Morgan fingerprint density at radius 3 is 2.55 bits per heavy atom. The number of hydrogen-bond donors (Lipinski definition) is 1. The standard InChI is InChI=1S/C16H25N3S/c1-16(2,3)18-12-13-6-7-15(14(10-13)11-17)20-9-8-19(4)5/h6-7,10,18H,8-9,12H2,1-5H3. The lowest BCUT2D eigenvalue weighted by Crippen LogP contribution is -2.35. The lowest BCUT2D eigenvalue weighted by atomic mass is 10.1. The highest BCUT2D eigenvalue weighted by molar-refractivity contribution is 7.99. The quantitative estimate of drug-likeness (QED) is 0.818. The molecule has 0 atom stereocenters. The zero-order valence-corrected chi connectivity index (χ0v) is 14.0. The molecule has 0 radical (unpaired) electrons. The van der Waals surface area contributed by atoms with Gasteiger partial charge in [0.1, 0.15) is 6.07 Å². The first-order chi connectivity index (χ1) is 9.31. The molecule has 0 aliphatic rings. The molecule has 20 heavy (non-hydrogen) atoms. The van der Waals surface area contributed by atoms with Crippen molar-refractivity contribution in [1.82, 2.24) is 10.2 Å². The lowest BCUT2D eigenvalue weighted by Gasteiger charge is -2.20. The summed E-state index contributed by atoms with van der Waals surface area (Å²) in [6.45, 7) is 8.24. The average Bonchev–Trinajstić information content (AvgIpc) is 2.36. The van der Waals surface area contributed by atoms with Gasteiger partial charge >= 0.3 is 0 Å². The third-order valence-electron chi connectivity index (χ3n) is 2.78. The monoisotopic (exact) mass is 291 g/mol. The molecule has 1 aromatic carbocycles. The highest BCUT2D eigenvalue weighted by atomic mass is 32.2. The minimum absolute atomic E-state index is 0.0892. The summed E-state index contributed by atoms with van der Waals surface area (Å²) >= 11 is 1.75. The van der Waals surface area contributed by atoms with Gasteiger partial charge in [-0.2, -0.15) is 5.26 Å². The van der Waals surface area contributed by atoms with Crippen LogP contribution in [0, 0.1) is 11.3 Å². The second-order valence-corrected chi connectivity index (χ2v) is 7.33. The van der Waals surface area contributed by atoms with Crippen LogP contribution < -0.4 is 5.32 Å². The Morgan fingerprint density at radius 2 is 2.00 bits per heavy atom. The van der Waals surface area contributed by atoms with Crippen molar-refractivity contribution < 1.29 is 0 Å². The van der Waals surface area contributed by atoms with Gasteiger partial charge in [0.2, 0.25) is 0 Å². The molecule has 3 nitrogen and oxygen atoms in total. The molecule has 0 bridgehead atoms. The predicted molar refractivity (Wildman–Crippen MR) is 87.0 cm³/mol. The second-order valence-electron chi connectivity index (χ2n) is 6.20. The van der Waals surface area contributed by atoms with E-state index in [4.69, 9.17) is 0 Å². The summed E-state index contributed by atoms with van der Waals surface area (Å²) in [5, 5.41) is 12.7. The molecular weight excluding hydrogens is 266 g/mol. The molecule has 0 fully saturated rings. The topological polar surface area (TPSA) is 39.1 Å². The van der Waals surface area contributed by atoms with Crippen LogP contribution >= 0.6 is 11.8 Å². The summed E-state index contributed by atoms with van der Waals surface area (Å²) in [6, 6.07) is 8.48. The molecule has 110 valence electrons. The number of rotatable bonds is 6. The van der Waals surface area contributed by atoms with Crippen molar-refractivity contribution in [2.45, 2.75) is 37.8 Å². The van der Waals surface area contributed by atoms with E-state index in [0.717, 1.165) is 34.9 Å². The zero-order chi connectivity index (χ0) is 15.2. The van der Waals surface area contributed by atoms with Gasteiger partial charge in [-0.05, 0) is 52.6 Å². The smallest absolute Gasteiger partial charge is 0.100 e. The molecule has 0 amide bonds. The summed E-state index contributed by atoms with van der Waals surface area (Å²) in [5.74, 6) is 1.00. The zero-order valence-electron chi connectivity index (χ0n) is 13.2. The van der Waals surface area contributed by atoms with Crippen molar-refractivity contribution in [3.8, 4) is 6.07 Å². The Morgan fingerprint density at radius 1 is 1.30 bits per heavy atom. The van der Waals surface area contributed by atoms with Crippen molar-refractivity contribution in [3.63, 3.8) is 0 Å². The molecular formula is C16H25N3S. The van der Waals surface area contributed by atoms with Gasteiger partial charge in [-0.1, -0.05) is 6.07 Å². The fourth-order valence-corrected chi connectivity index (χ4v) is 2.71. The maximum Gasteiger partial charge on any atom is 0.100 e. The van der Waals surface area contributed by atoms with E-state index in [1.54, 1.807) is 11.8 Å². The van der Waals surface area contributed by atoms with E-state index in [9.17, 15) is 5.26 Å².